The van der Waals surface area contributed by atoms with Crippen LogP contribution in [0.3, 0.4) is 0 Å². The number of nitrogens with one attached hydrogen (secondary N) is 1. The highest BCUT2D eigenvalue weighted by molar-refractivity contribution is 5.23. The van der Waals surface area contributed by atoms with Gasteiger partial charge in [-0.05, 0) is 29.9 Å². The van der Waals surface area contributed by atoms with Crippen LogP contribution in [0.15, 0.2) is 30.3 Å². The lowest BCUT2D eigenvalue weighted by Gasteiger charge is -2.46. The lowest BCUT2D eigenvalue weighted by Crippen LogP contribution is -2.45. The number of hydrogen-bond acceptors (Lipinski definition) is 1. The largest absolute Gasteiger partial charge is 0.316 e. The van der Waals surface area contributed by atoms with Crippen molar-refractivity contribution in [3.05, 3.63) is 35.9 Å². The molecule has 1 heterocycles. The molecule has 0 aliphatic carbocycles. The van der Waals surface area contributed by atoms with E-state index in [1.54, 1.807) is 0 Å². The molecule has 1 heteroatoms. The van der Waals surface area contributed by atoms with E-state index < -0.39 is 0 Å². The van der Waals surface area contributed by atoms with E-state index in [2.05, 4.69) is 56.4 Å². The second kappa shape index (κ2) is 5.22. The summed E-state index contributed by atoms with van der Waals surface area (Å²) in [5.74, 6) is 1.45. The van der Waals surface area contributed by atoms with Crippen LogP contribution in [0.2, 0.25) is 0 Å². The Morgan fingerprint density at radius 1 is 1.35 bits per heavy atom. The molecule has 0 spiro atoms. The van der Waals surface area contributed by atoms with E-state index >= 15 is 0 Å². The first-order valence-electron chi connectivity index (χ1n) is 6.94. The topological polar surface area (TPSA) is 12.0 Å². The van der Waals surface area contributed by atoms with E-state index in [4.69, 9.17) is 0 Å². The first-order chi connectivity index (χ1) is 8.18. The molecule has 2 rings (SSSR count). The molecule has 1 aliphatic rings. The molecular formula is C16H25N. The van der Waals surface area contributed by atoms with Gasteiger partial charge >= 0.3 is 0 Å². The van der Waals surface area contributed by atoms with Gasteiger partial charge in [-0.15, -0.1) is 0 Å². The standard InChI is InChI=1S/C16H25N/c1-4-13(2)16(3)10-11-17-12-15(16)14-8-6-5-7-9-14/h5-9,13,15,17H,4,10-12H2,1-3H3. The van der Waals surface area contributed by atoms with Crippen molar-refractivity contribution in [3.63, 3.8) is 0 Å². The molecule has 0 saturated carbocycles. The fraction of sp³-hybridized carbons (Fsp3) is 0.625. The minimum atomic E-state index is 0.446. The monoisotopic (exact) mass is 231 g/mol. The minimum absolute atomic E-state index is 0.446. The number of piperidine rings is 1. The van der Waals surface area contributed by atoms with E-state index in [-0.39, 0.29) is 0 Å². The Morgan fingerprint density at radius 3 is 2.71 bits per heavy atom. The summed E-state index contributed by atoms with van der Waals surface area (Å²) in [5, 5.41) is 3.57. The van der Waals surface area contributed by atoms with Gasteiger partial charge in [-0.25, -0.2) is 0 Å². The summed E-state index contributed by atoms with van der Waals surface area (Å²) in [5.41, 5.74) is 1.95. The zero-order valence-electron chi connectivity index (χ0n) is 11.4. The normalized spacial score (nSPS) is 31.1. The molecule has 1 saturated heterocycles. The van der Waals surface area contributed by atoms with Crippen LogP contribution in [0.5, 0.6) is 0 Å². The molecule has 0 radical (unpaired) electrons. The van der Waals surface area contributed by atoms with Gasteiger partial charge in [0.25, 0.3) is 0 Å². The smallest absolute Gasteiger partial charge is 0.00255 e. The zero-order valence-corrected chi connectivity index (χ0v) is 11.4. The molecule has 1 fully saturated rings. The van der Waals surface area contributed by atoms with Crippen LogP contribution in [0.1, 0.15) is 45.1 Å². The van der Waals surface area contributed by atoms with E-state index in [9.17, 15) is 0 Å². The van der Waals surface area contributed by atoms with Crippen LogP contribution >= 0.6 is 0 Å². The summed E-state index contributed by atoms with van der Waals surface area (Å²) in [6.07, 6.45) is 2.57. The lowest BCUT2D eigenvalue weighted by atomic mass is 9.62. The Morgan fingerprint density at radius 2 is 2.06 bits per heavy atom. The van der Waals surface area contributed by atoms with E-state index in [0.717, 1.165) is 12.5 Å². The van der Waals surface area contributed by atoms with Gasteiger partial charge in [0.05, 0.1) is 0 Å². The molecule has 0 amide bonds. The Balaban J connectivity index is 2.29. The number of rotatable bonds is 3. The second-order valence-electron chi connectivity index (χ2n) is 5.73. The summed E-state index contributed by atoms with van der Waals surface area (Å²) in [6, 6.07) is 11.0. The van der Waals surface area contributed by atoms with Gasteiger partial charge < -0.3 is 5.32 Å². The van der Waals surface area contributed by atoms with Crippen LogP contribution in [0.25, 0.3) is 0 Å². The zero-order chi connectivity index (χ0) is 12.3. The van der Waals surface area contributed by atoms with E-state index in [1.807, 2.05) is 0 Å². The van der Waals surface area contributed by atoms with Crippen LogP contribution < -0.4 is 5.32 Å². The number of hydrogen-bond donors (Lipinski definition) is 1. The third kappa shape index (κ3) is 2.40. The highest BCUT2D eigenvalue weighted by Gasteiger charge is 2.40. The van der Waals surface area contributed by atoms with Crippen LogP contribution in [0.4, 0.5) is 0 Å². The predicted molar refractivity (Wildman–Crippen MR) is 74.2 cm³/mol. The fourth-order valence-corrected chi connectivity index (χ4v) is 3.25. The summed E-state index contributed by atoms with van der Waals surface area (Å²) in [7, 11) is 0. The maximum Gasteiger partial charge on any atom is 0.00255 e. The fourth-order valence-electron chi connectivity index (χ4n) is 3.25. The highest BCUT2D eigenvalue weighted by atomic mass is 14.9. The molecule has 1 nitrogen and oxygen atoms in total. The SMILES string of the molecule is CCC(C)C1(C)CCNCC1c1ccccc1. The van der Waals surface area contributed by atoms with Crippen molar-refractivity contribution in [2.75, 3.05) is 13.1 Å². The number of benzene rings is 1. The van der Waals surface area contributed by atoms with Crippen LogP contribution in [-0.2, 0) is 0 Å². The molecule has 3 unspecified atom stereocenters. The van der Waals surface area contributed by atoms with Gasteiger partial charge in [-0.3, -0.25) is 0 Å². The average molecular weight is 231 g/mol. The van der Waals surface area contributed by atoms with Gasteiger partial charge in [-0.1, -0.05) is 57.5 Å². The van der Waals surface area contributed by atoms with Gasteiger partial charge in [0.1, 0.15) is 0 Å². The van der Waals surface area contributed by atoms with Gasteiger partial charge in [0.2, 0.25) is 0 Å². The second-order valence-corrected chi connectivity index (χ2v) is 5.73. The minimum Gasteiger partial charge on any atom is -0.316 e. The summed E-state index contributed by atoms with van der Waals surface area (Å²) < 4.78 is 0. The Hall–Kier alpha value is -0.820. The quantitative estimate of drug-likeness (QED) is 0.834. The predicted octanol–water partition coefficient (Wildman–Crippen LogP) is 3.82. The first kappa shape index (κ1) is 12.6. The molecule has 0 bridgehead atoms. The Bertz CT molecular complexity index is 346. The van der Waals surface area contributed by atoms with Crippen molar-refractivity contribution < 1.29 is 0 Å². The Labute approximate surface area is 106 Å². The van der Waals surface area contributed by atoms with E-state index in [1.165, 1.54) is 24.9 Å². The maximum absolute atomic E-state index is 3.57. The molecule has 0 aromatic heterocycles. The van der Waals surface area contributed by atoms with Crippen molar-refractivity contribution in [1.29, 1.82) is 0 Å². The molecule has 1 aliphatic heterocycles. The van der Waals surface area contributed by atoms with Crippen molar-refractivity contribution in [2.24, 2.45) is 11.3 Å². The molecular weight excluding hydrogens is 206 g/mol. The molecule has 1 aromatic rings. The molecule has 1 aromatic carbocycles. The summed E-state index contributed by atoms with van der Waals surface area (Å²) in [4.78, 5) is 0. The van der Waals surface area contributed by atoms with Crippen molar-refractivity contribution in [2.45, 2.75) is 39.5 Å². The van der Waals surface area contributed by atoms with Gasteiger partial charge in [0.15, 0.2) is 0 Å². The average Bonchev–Trinajstić information content (AvgIpc) is 2.39. The summed E-state index contributed by atoms with van der Waals surface area (Å²) in [6.45, 7) is 9.52. The first-order valence-corrected chi connectivity index (χ1v) is 6.94. The third-order valence-corrected chi connectivity index (χ3v) is 4.93. The van der Waals surface area contributed by atoms with Crippen molar-refractivity contribution in [3.8, 4) is 0 Å². The van der Waals surface area contributed by atoms with E-state index in [0.29, 0.717) is 11.3 Å². The van der Waals surface area contributed by atoms with Gasteiger partial charge in [-0.2, -0.15) is 0 Å². The van der Waals surface area contributed by atoms with Crippen molar-refractivity contribution in [1.82, 2.24) is 5.32 Å². The van der Waals surface area contributed by atoms with Gasteiger partial charge in [0, 0.05) is 12.5 Å². The lowest BCUT2D eigenvalue weighted by molar-refractivity contribution is 0.106. The highest BCUT2D eigenvalue weighted by Crippen LogP contribution is 2.47. The maximum atomic E-state index is 3.57. The third-order valence-electron chi connectivity index (χ3n) is 4.93. The molecule has 1 N–H and O–H groups in total. The molecule has 3 atom stereocenters. The summed E-state index contributed by atoms with van der Waals surface area (Å²) >= 11 is 0. The Kier molecular flexibility index (Phi) is 3.88. The van der Waals surface area contributed by atoms with Crippen molar-refractivity contribution >= 4 is 0 Å². The van der Waals surface area contributed by atoms with Crippen LogP contribution in [-0.4, -0.2) is 13.1 Å². The molecule has 94 valence electrons. The molecule has 17 heavy (non-hydrogen) atoms. The van der Waals surface area contributed by atoms with Crippen LogP contribution in [0, 0.1) is 11.3 Å².